The first kappa shape index (κ1) is 11.5. The highest BCUT2D eigenvalue weighted by Crippen LogP contribution is 2.21. The molecule has 1 aromatic heterocycles. The van der Waals surface area contributed by atoms with E-state index in [1.54, 1.807) is 12.3 Å². The third kappa shape index (κ3) is 2.24. The van der Waals surface area contributed by atoms with E-state index in [-0.39, 0.29) is 5.91 Å². The van der Waals surface area contributed by atoms with Crippen LogP contribution in [-0.2, 0) is 0 Å². The van der Waals surface area contributed by atoms with Crippen molar-refractivity contribution in [1.82, 2.24) is 4.90 Å². The molecule has 1 aliphatic heterocycles. The molecule has 1 fully saturated rings. The smallest absolute Gasteiger partial charge is 0.257 e. The second-order valence-electron chi connectivity index (χ2n) is 4.28. The highest BCUT2D eigenvalue weighted by molar-refractivity contribution is 6.18. The van der Waals surface area contributed by atoms with Crippen molar-refractivity contribution < 1.29 is 9.21 Å². The number of alkyl halides is 1. The Morgan fingerprint density at radius 2 is 2.25 bits per heavy atom. The number of likely N-dealkylation sites (tertiary alicyclic amines) is 1. The van der Waals surface area contributed by atoms with Gasteiger partial charge < -0.3 is 9.32 Å². The van der Waals surface area contributed by atoms with Crippen LogP contribution in [0.3, 0.4) is 0 Å². The molecule has 4 heteroatoms. The van der Waals surface area contributed by atoms with Crippen LogP contribution in [0.25, 0.3) is 0 Å². The third-order valence-corrected chi connectivity index (χ3v) is 3.65. The van der Waals surface area contributed by atoms with Gasteiger partial charge in [-0.15, -0.1) is 11.6 Å². The maximum absolute atomic E-state index is 12.1. The summed E-state index contributed by atoms with van der Waals surface area (Å²) >= 11 is 5.81. The zero-order chi connectivity index (χ0) is 11.5. The van der Waals surface area contributed by atoms with Gasteiger partial charge in [0.25, 0.3) is 5.91 Å². The van der Waals surface area contributed by atoms with Crippen LogP contribution in [-0.4, -0.2) is 29.8 Å². The Hall–Kier alpha value is -0.960. The summed E-state index contributed by atoms with van der Waals surface area (Å²) in [7, 11) is 0. The van der Waals surface area contributed by atoms with Gasteiger partial charge in [-0.25, -0.2) is 0 Å². The second kappa shape index (κ2) is 4.91. The van der Waals surface area contributed by atoms with Crippen molar-refractivity contribution in [3.05, 3.63) is 23.7 Å². The first-order chi connectivity index (χ1) is 7.72. The number of nitrogens with zero attached hydrogens (tertiary/aromatic N) is 1. The van der Waals surface area contributed by atoms with Crippen LogP contribution in [0.1, 0.15) is 29.0 Å². The molecular formula is C12H16ClNO2. The van der Waals surface area contributed by atoms with Gasteiger partial charge in [-0.05, 0) is 31.7 Å². The van der Waals surface area contributed by atoms with Gasteiger partial charge in [0.2, 0.25) is 0 Å². The number of amides is 1. The Morgan fingerprint density at radius 1 is 1.56 bits per heavy atom. The van der Waals surface area contributed by atoms with E-state index in [1.165, 1.54) is 0 Å². The Bertz CT molecular complexity index is 367. The second-order valence-corrected chi connectivity index (χ2v) is 4.59. The summed E-state index contributed by atoms with van der Waals surface area (Å²) in [6.45, 7) is 3.43. The number of furan rings is 1. The lowest BCUT2D eigenvalue weighted by Gasteiger charge is -2.30. The van der Waals surface area contributed by atoms with Crippen LogP contribution in [0.5, 0.6) is 0 Å². The summed E-state index contributed by atoms with van der Waals surface area (Å²) in [5.74, 6) is 2.05. The minimum Gasteiger partial charge on any atom is -0.469 e. The lowest BCUT2D eigenvalue weighted by molar-refractivity contribution is 0.0696. The van der Waals surface area contributed by atoms with Crippen molar-refractivity contribution in [3.63, 3.8) is 0 Å². The first-order valence-electron chi connectivity index (χ1n) is 5.61. The number of carbonyl (C=O) groups excluding carboxylic acids is 1. The summed E-state index contributed by atoms with van der Waals surface area (Å²) in [5, 5.41) is 0. The molecular weight excluding hydrogens is 226 g/mol. The molecule has 0 unspecified atom stereocenters. The average Bonchev–Trinajstić information content (AvgIpc) is 2.75. The van der Waals surface area contributed by atoms with E-state index >= 15 is 0 Å². The molecule has 0 saturated carbocycles. The molecule has 2 heterocycles. The molecule has 0 spiro atoms. The third-order valence-electron chi connectivity index (χ3n) is 3.21. The van der Waals surface area contributed by atoms with Gasteiger partial charge >= 0.3 is 0 Å². The molecule has 16 heavy (non-hydrogen) atoms. The van der Waals surface area contributed by atoms with Gasteiger partial charge in [-0.3, -0.25) is 4.79 Å². The van der Waals surface area contributed by atoms with Crippen LogP contribution in [0.2, 0.25) is 0 Å². The number of rotatable bonds is 2. The fraction of sp³-hybridized carbons (Fsp3) is 0.583. The van der Waals surface area contributed by atoms with Crippen LogP contribution < -0.4 is 0 Å². The Morgan fingerprint density at radius 3 is 2.75 bits per heavy atom. The maximum Gasteiger partial charge on any atom is 0.257 e. The van der Waals surface area contributed by atoms with E-state index in [2.05, 4.69) is 0 Å². The minimum atomic E-state index is 0.0827. The first-order valence-corrected chi connectivity index (χ1v) is 6.15. The standard InChI is InChI=1S/C12H16ClNO2/c1-9-11(4-7-16-9)12(15)14-5-2-10(8-13)3-6-14/h4,7,10H,2-3,5-6,8H2,1H3. The van der Waals surface area contributed by atoms with E-state index < -0.39 is 0 Å². The molecule has 1 aromatic rings. The van der Waals surface area contributed by atoms with Crippen LogP contribution in [0, 0.1) is 12.8 Å². The molecule has 3 nitrogen and oxygen atoms in total. The van der Waals surface area contributed by atoms with Gasteiger partial charge in [0.15, 0.2) is 0 Å². The quantitative estimate of drug-likeness (QED) is 0.746. The minimum absolute atomic E-state index is 0.0827. The van der Waals surface area contributed by atoms with Crippen LogP contribution in [0.4, 0.5) is 0 Å². The number of hydrogen-bond acceptors (Lipinski definition) is 2. The van der Waals surface area contributed by atoms with Crippen molar-refractivity contribution >= 4 is 17.5 Å². The normalized spacial score (nSPS) is 17.8. The summed E-state index contributed by atoms with van der Waals surface area (Å²) < 4.78 is 5.15. The SMILES string of the molecule is Cc1occc1C(=O)N1CCC(CCl)CC1. The summed E-state index contributed by atoms with van der Waals surface area (Å²) in [5.41, 5.74) is 0.685. The Labute approximate surface area is 100 Å². The molecule has 0 N–H and O–H groups in total. The molecule has 1 aliphatic rings. The molecule has 0 radical (unpaired) electrons. The van der Waals surface area contributed by atoms with Crippen molar-refractivity contribution in [1.29, 1.82) is 0 Å². The number of carbonyl (C=O) groups is 1. The van der Waals surface area contributed by atoms with Gasteiger partial charge in [-0.2, -0.15) is 0 Å². The highest BCUT2D eigenvalue weighted by Gasteiger charge is 2.24. The van der Waals surface area contributed by atoms with Crippen molar-refractivity contribution in [3.8, 4) is 0 Å². The number of halogens is 1. The van der Waals surface area contributed by atoms with Crippen LogP contribution in [0.15, 0.2) is 16.7 Å². The van der Waals surface area contributed by atoms with E-state index in [4.69, 9.17) is 16.0 Å². The molecule has 0 bridgehead atoms. The van der Waals surface area contributed by atoms with Crippen LogP contribution >= 0.6 is 11.6 Å². The molecule has 88 valence electrons. The predicted octanol–water partition coefficient (Wildman–Crippen LogP) is 2.68. The molecule has 1 saturated heterocycles. The van der Waals surface area contributed by atoms with Gasteiger partial charge in [0, 0.05) is 19.0 Å². The lowest BCUT2D eigenvalue weighted by Crippen LogP contribution is -2.38. The van der Waals surface area contributed by atoms with Gasteiger partial charge in [-0.1, -0.05) is 0 Å². The molecule has 1 amide bonds. The Kier molecular flexibility index (Phi) is 3.54. The summed E-state index contributed by atoms with van der Waals surface area (Å²) in [6.07, 6.45) is 3.58. The molecule has 0 aromatic carbocycles. The lowest BCUT2D eigenvalue weighted by atomic mass is 9.98. The van der Waals surface area contributed by atoms with E-state index in [0.717, 1.165) is 25.9 Å². The van der Waals surface area contributed by atoms with Crippen molar-refractivity contribution in [2.24, 2.45) is 5.92 Å². The molecule has 2 rings (SSSR count). The van der Waals surface area contributed by atoms with E-state index in [1.807, 2.05) is 11.8 Å². The highest BCUT2D eigenvalue weighted by atomic mass is 35.5. The average molecular weight is 242 g/mol. The van der Waals surface area contributed by atoms with Gasteiger partial charge in [0.1, 0.15) is 5.76 Å². The fourth-order valence-electron chi connectivity index (χ4n) is 2.07. The fourth-order valence-corrected chi connectivity index (χ4v) is 2.38. The number of hydrogen-bond donors (Lipinski definition) is 0. The van der Waals surface area contributed by atoms with E-state index in [9.17, 15) is 4.79 Å². The Balaban J connectivity index is 2.00. The monoisotopic (exact) mass is 241 g/mol. The van der Waals surface area contributed by atoms with Crippen molar-refractivity contribution in [2.75, 3.05) is 19.0 Å². The van der Waals surface area contributed by atoms with Gasteiger partial charge in [0.05, 0.1) is 11.8 Å². The maximum atomic E-state index is 12.1. The molecule has 0 atom stereocenters. The zero-order valence-corrected chi connectivity index (χ0v) is 10.2. The predicted molar refractivity (Wildman–Crippen MR) is 62.8 cm³/mol. The molecule has 0 aliphatic carbocycles. The largest absolute Gasteiger partial charge is 0.469 e. The van der Waals surface area contributed by atoms with E-state index in [0.29, 0.717) is 23.1 Å². The topological polar surface area (TPSA) is 33.5 Å². The zero-order valence-electron chi connectivity index (χ0n) is 9.41. The van der Waals surface area contributed by atoms with Crippen molar-refractivity contribution in [2.45, 2.75) is 19.8 Å². The summed E-state index contributed by atoms with van der Waals surface area (Å²) in [4.78, 5) is 14.0. The summed E-state index contributed by atoms with van der Waals surface area (Å²) in [6, 6.07) is 1.74. The number of piperidine rings is 1. The number of aryl methyl sites for hydroxylation is 1.